The van der Waals surface area contributed by atoms with Gasteiger partial charge in [-0.25, -0.2) is 0 Å². The zero-order chi connectivity index (χ0) is 10.3. The molecule has 0 spiro atoms. The molecule has 0 heterocycles. The quantitative estimate of drug-likeness (QED) is 0.599. The lowest BCUT2D eigenvalue weighted by atomic mass is 9.85. The molecule has 0 unspecified atom stereocenters. The van der Waals surface area contributed by atoms with Crippen molar-refractivity contribution in [2.45, 2.75) is 32.6 Å². The Kier molecular flexibility index (Phi) is 2.19. The molecule has 0 N–H and O–H groups in total. The largest absolute Gasteiger partial charge is 0.0840 e. The normalized spacial score (nSPS) is 15.3. The van der Waals surface area contributed by atoms with E-state index >= 15 is 0 Å². The monoisotopic (exact) mass is 206 g/mol. The van der Waals surface area contributed by atoms with E-state index < -0.39 is 0 Å². The van der Waals surface area contributed by atoms with E-state index in [9.17, 15) is 0 Å². The number of fused-ring (bicyclic) bond motifs is 1. The Morgan fingerprint density at radius 1 is 1.21 bits per heavy atom. The molecular weight excluding hydrogens is 192 g/mol. The SMILES string of the molecule is CC(C)(C)c1ccc2c(c1)C(Cl)=CC2. The van der Waals surface area contributed by atoms with E-state index in [1.54, 1.807) is 0 Å². The first kappa shape index (κ1) is 9.79. The lowest BCUT2D eigenvalue weighted by Gasteiger charge is -2.20. The Labute approximate surface area is 90.6 Å². The van der Waals surface area contributed by atoms with Gasteiger partial charge < -0.3 is 0 Å². The number of hydrogen-bond acceptors (Lipinski definition) is 0. The molecule has 0 radical (unpaired) electrons. The number of hydrogen-bond donors (Lipinski definition) is 0. The summed E-state index contributed by atoms with van der Waals surface area (Å²) in [6, 6.07) is 6.63. The van der Waals surface area contributed by atoms with E-state index in [1.807, 2.05) is 0 Å². The van der Waals surface area contributed by atoms with Crippen LogP contribution in [0.2, 0.25) is 0 Å². The maximum Gasteiger partial charge on any atom is 0.0444 e. The zero-order valence-electron chi connectivity index (χ0n) is 8.89. The molecule has 0 bridgehead atoms. The lowest BCUT2D eigenvalue weighted by Crippen LogP contribution is -2.11. The van der Waals surface area contributed by atoms with Crippen LogP contribution >= 0.6 is 11.6 Å². The third-order valence-electron chi connectivity index (χ3n) is 2.73. The van der Waals surface area contributed by atoms with Gasteiger partial charge in [-0.15, -0.1) is 0 Å². The van der Waals surface area contributed by atoms with Crippen molar-refractivity contribution in [2.75, 3.05) is 0 Å². The van der Waals surface area contributed by atoms with E-state index in [1.165, 1.54) is 16.7 Å². The second kappa shape index (κ2) is 3.13. The van der Waals surface area contributed by atoms with Crippen LogP contribution in [0.15, 0.2) is 24.3 Å². The van der Waals surface area contributed by atoms with E-state index in [2.05, 4.69) is 45.0 Å². The van der Waals surface area contributed by atoms with E-state index in [-0.39, 0.29) is 5.41 Å². The van der Waals surface area contributed by atoms with Gasteiger partial charge in [-0.1, -0.05) is 50.6 Å². The second-order valence-corrected chi connectivity index (χ2v) is 5.29. The summed E-state index contributed by atoms with van der Waals surface area (Å²) in [4.78, 5) is 0. The fourth-order valence-electron chi connectivity index (χ4n) is 1.75. The first-order valence-corrected chi connectivity index (χ1v) is 5.36. The summed E-state index contributed by atoms with van der Waals surface area (Å²) in [5.41, 5.74) is 4.13. The van der Waals surface area contributed by atoms with Crippen molar-refractivity contribution in [1.29, 1.82) is 0 Å². The Morgan fingerprint density at radius 3 is 2.57 bits per heavy atom. The summed E-state index contributed by atoms with van der Waals surface area (Å²) in [6.07, 6.45) is 3.07. The second-order valence-electron chi connectivity index (χ2n) is 4.88. The molecule has 0 saturated heterocycles. The predicted octanol–water partition coefficient (Wildman–Crippen LogP) is 4.12. The average Bonchev–Trinajstić information content (AvgIpc) is 2.46. The van der Waals surface area contributed by atoms with Crippen molar-refractivity contribution < 1.29 is 0 Å². The van der Waals surface area contributed by atoms with Crippen molar-refractivity contribution in [3.63, 3.8) is 0 Å². The number of allylic oxidation sites excluding steroid dienone is 1. The van der Waals surface area contributed by atoms with Gasteiger partial charge in [-0.05, 0) is 34.6 Å². The fourth-order valence-corrected chi connectivity index (χ4v) is 2.01. The van der Waals surface area contributed by atoms with Gasteiger partial charge in [0.2, 0.25) is 0 Å². The van der Waals surface area contributed by atoms with Crippen LogP contribution in [0.25, 0.3) is 5.03 Å². The maximum absolute atomic E-state index is 6.13. The minimum atomic E-state index is 0.203. The molecule has 0 aliphatic heterocycles. The predicted molar refractivity (Wildman–Crippen MR) is 62.7 cm³/mol. The highest BCUT2D eigenvalue weighted by Gasteiger charge is 2.18. The summed E-state index contributed by atoms with van der Waals surface area (Å²) < 4.78 is 0. The first-order valence-electron chi connectivity index (χ1n) is 4.98. The lowest BCUT2D eigenvalue weighted by molar-refractivity contribution is 0.590. The van der Waals surface area contributed by atoms with Crippen molar-refractivity contribution >= 4 is 16.6 Å². The van der Waals surface area contributed by atoms with Gasteiger partial charge in [0, 0.05) is 5.03 Å². The van der Waals surface area contributed by atoms with E-state index in [4.69, 9.17) is 11.6 Å². The molecular formula is C13H15Cl. The number of halogens is 1. The van der Waals surface area contributed by atoms with Crippen molar-refractivity contribution in [3.8, 4) is 0 Å². The molecule has 0 fully saturated rings. The molecule has 1 aliphatic rings. The molecule has 14 heavy (non-hydrogen) atoms. The van der Waals surface area contributed by atoms with Crippen LogP contribution in [0.1, 0.15) is 37.5 Å². The topological polar surface area (TPSA) is 0 Å². The average molecular weight is 207 g/mol. The van der Waals surface area contributed by atoms with Crippen molar-refractivity contribution in [2.24, 2.45) is 0 Å². The molecule has 1 heteroatoms. The number of benzene rings is 1. The van der Waals surface area contributed by atoms with E-state index in [0.717, 1.165) is 11.5 Å². The fraction of sp³-hybridized carbons (Fsp3) is 0.385. The maximum atomic E-state index is 6.13. The Bertz CT molecular complexity index is 394. The smallest absolute Gasteiger partial charge is 0.0444 e. The molecule has 0 saturated carbocycles. The molecule has 0 nitrogen and oxygen atoms in total. The van der Waals surface area contributed by atoms with Crippen LogP contribution in [0.4, 0.5) is 0 Å². The van der Waals surface area contributed by atoms with Gasteiger partial charge in [-0.3, -0.25) is 0 Å². The van der Waals surface area contributed by atoms with Crippen molar-refractivity contribution in [1.82, 2.24) is 0 Å². The van der Waals surface area contributed by atoms with Gasteiger partial charge in [-0.2, -0.15) is 0 Å². The third-order valence-corrected chi connectivity index (χ3v) is 3.09. The Morgan fingerprint density at radius 2 is 1.93 bits per heavy atom. The molecule has 74 valence electrons. The van der Waals surface area contributed by atoms with Crippen LogP contribution in [-0.4, -0.2) is 0 Å². The van der Waals surface area contributed by atoms with Gasteiger partial charge in [0.05, 0.1) is 0 Å². The van der Waals surface area contributed by atoms with Gasteiger partial charge in [0.1, 0.15) is 0 Å². The molecule has 0 atom stereocenters. The molecule has 2 rings (SSSR count). The van der Waals surface area contributed by atoms with Crippen molar-refractivity contribution in [3.05, 3.63) is 41.0 Å². The zero-order valence-corrected chi connectivity index (χ0v) is 9.65. The van der Waals surface area contributed by atoms with Gasteiger partial charge in [0.15, 0.2) is 0 Å². The van der Waals surface area contributed by atoms with Crippen LogP contribution in [0.3, 0.4) is 0 Å². The molecule has 0 aromatic heterocycles. The van der Waals surface area contributed by atoms with Crippen LogP contribution in [0.5, 0.6) is 0 Å². The van der Waals surface area contributed by atoms with Crippen LogP contribution in [0, 0.1) is 0 Å². The van der Waals surface area contributed by atoms with Crippen LogP contribution < -0.4 is 0 Å². The highest BCUT2D eigenvalue weighted by Crippen LogP contribution is 2.33. The Balaban J connectivity index is 2.50. The summed E-state index contributed by atoms with van der Waals surface area (Å²) in [5.74, 6) is 0. The minimum Gasteiger partial charge on any atom is -0.0840 e. The summed E-state index contributed by atoms with van der Waals surface area (Å²) >= 11 is 6.13. The molecule has 0 amide bonds. The minimum absolute atomic E-state index is 0.203. The summed E-state index contributed by atoms with van der Waals surface area (Å²) in [6.45, 7) is 6.67. The number of rotatable bonds is 0. The van der Waals surface area contributed by atoms with E-state index in [0.29, 0.717) is 0 Å². The van der Waals surface area contributed by atoms with Crippen LogP contribution in [-0.2, 0) is 11.8 Å². The standard InChI is InChI=1S/C13H15Cl/c1-13(2,3)10-6-4-9-5-7-12(14)11(9)8-10/h4,6-8H,5H2,1-3H3. The Hall–Kier alpha value is -0.750. The molecule has 1 aromatic carbocycles. The summed E-state index contributed by atoms with van der Waals surface area (Å²) in [7, 11) is 0. The molecule has 1 aromatic rings. The first-order chi connectivity index (χ1) is 6.48. The highest BCUT2D eigenvalue weighted by molar-refractivity contribution is 6.49. The molecule has 1 aliphatic carbocycles. The van der Waals surface area contributed by atoms with Gasteiger partial charge >= 0.3 is 0 Å². The highest BCUT2D eigenvalue weighted by atomic mass is 35.5. The summed E-state index contributed by atoms with van der Waals surface area (Å²) in [5, 5.41) is 0.908. The third kappa shape index (κ3) is 1.59. The van der Waals surface area contributed by atoms with Gasteiger partial charge in [0.25, 0.3) is 0 Å².